The second-order valence-electron chi connectivity index (χ2n) is 18.5. The van der Waals surface area contributed by atoms with Crippen molar-refractivity contribution in [2.75, 3.05) is 31.6 Å². The van der Waals surface area contributed by atoms with Crippen LogP contribution in [0.25, 0.3) is 0 Å². The molecule has 1 saturated heterocycles. The van der Waals surface area contributed by atoms with E-state index in [0.717, 1.165) is 30.5 Å². The first kappa shape index (κ1) is 48.2. The Kier molecular flexibility index (Phi) is 16.0. The molecule has 3 atom stereocenters. The van der Waals surface area contributed by atoms with Crippen molar-refractivity contribution in [3.8, 4) is 11.8 Å². The highest BCUT2D eigenvalue weighted by Crippen LogP contribution is 2.55. The number of likely N-dealkylation sites (tertiary alicyclic amines) is 1. The third-order valence-electron chi connectivity index (χ3n) is 11.8. The SMILES string of the molecule is CC1(C)C(NC(=O)c2ccc(NCCCCCOCC(=O)N[C@H](C(=O)N3C[C@H](O)C[C@H]3C(=O)NCc3ccc(Cl)cc3)C(C)(C)C)cc2)C(C)(C)C1Oc1ccc(C#N)c(Cl)c1. The summed E-state index contributed by atoms with van der Waals surface area (Å²) in [5, 5.41) is 32.8. The number of nitrogens with one attached hydrogen (secondary N) is 4. The first-order valence-electron chi connectivity index (χ1n) is 21.1. The van der Waals surface area contributed by atoms with Gasteiger partial charge in [-0.05, 0) is 78.8 Å². The van der Waals surface area contributed by atoms with E-state index in [2.05, 4.69) is 55.0 Å². The topological polar surface area (TPSA) is 182 Å². The van der Waals surface area contributed by atoms with E-state index >= 15 is 0 Å². The molecular weight excluding hydrogens is 831 g/mol. The van der Waals surface area contributed by atoms with Gasteiger partial charge in [-0.1, -0.05) is 83.8 Å². The zero-order valence-corrected chi connectivity index (χ0v) is 38.2. The van der Waals surface area contributed by atoms with E-state index in [1.807, 2.05) is 32.9 Å². The van der Waals surface area contributed by atoms with E-state index in [1.54, 1.807) is 54.6 Å². The summed E-state index contributed by atoms with van der Waals surface area (Å²) < 4.78 is 12.0. The Hall–Kier alpha value is -4.87. The number of aliphatic hydroxyl groups excluding tert-OH is 1. The summed E-state index contributed by atoms with van der Waals surface area (Å²) in [7, 11) is 0. The summed E-state index contributed by atoms with van der Waals surface area (Å²) in [6, 6.07) is 19.5. The van der Waals surface area contributed by atoms with Crippen LogP contribution in [-0.4, -0.2) is 90.3 Å². The zero-order valence-electron chi connectivity index (χ0n) is 36.6. The lowest BCUT2D eigenvalue weighted by molar-refractivity contribution is -0.164. The van der Waals surface area contributed by atoms with Gasteiger partial charge in [0.05, 0.1) is 16.7 Å². The molecule has 4 amide bonds. The maximum atomic E-state index is 13.8. The van der Waals surface area contributed by atoms with Gasteiger partial charge in [-0.3, -0.25) is 19.2 Å². The number of hydrogen-bond acceptors (Lipinski definition) is 9. The van der Waals surface area contributed by atoms with Crippen molar-refractivity contribution in [2.24, 2.45) is 16.2 Å². The number of carbonyl (C=O) groups excluding carboxylic acids is 4. The summed E-state index contributed by atoms with van der Waals surface area (Å²) in [6.07, 6.45) is 1.48. The smallest absolute Gasteiger partial charge is 0.251 e. The van der Waals surface area contributed by atoms with E-state index in [9.17, 15) is 29.5 Å². The van der Waals surface area contributed by atoms with Crippen LogP contribution in [0.3, 0.4) is 0 Å². The van der Waals surface area contributed by atoms with Crippen LogP contribution in [0.2, 0.25) is 10.0 Å². The molecule has 1 aliphatic heterocycles. The number of amides is 4. The van der Waals surface area contributed by atoms with Crippen LogP contribution in [0.4, 0.5) is 5.69 Å². The molecule has 5 N–H and O–H groups in total. The van der Waals surface area contributed by atoms with E-state index in [0.29, 0.717) is 40.1 Å². The average molecular weight is 892 g/mol. The Morgan fingerprint density at radius 3 is 2.26 bits per heavy atom. The van der Waals surface area contributed by atoms with Gasteiger partial charge in [0.15, 0.2) is 0 Å². The number of anilines is 1. The van der Waals surface area contributed by atoms with Crippen LogP contribution in [0.1, 0.15) is 95.6 Å². The normalized spacial score (nSPS) is 20.6. The predicted octanol–water partition coefficient (Wildman–Crippen LogP) is 6.88. The Morgan fingerprint density at radius 2 is 1.63 bits per heavy atom. The molecule has 0 radical (unpaired) electrons. The number of nitriles is 1. The first-order valence-corrected chi connectivity index (χ1v) is 21.9. The molecule has 1 aliphatic carbocycles. The van der Waals surface area contributed by atoms with Crippen LogP contribution in [0.5, 0.6) is 5.75 Å². The minimum atomic E-state index is -0.942. The Bertz CT molecular complexity index is 2080. The van der Waals surface area contributed by atoms with Gasteiger partial charge in [-0.15, -0.1) is 0 Å². The molecule has 0 unspecified atom stereocenters. The molecule has 334 valence electrons. The number of benzene rings is 3. The maximum Gasteiger partial charge on any atom is 0.251 e. The van der Waals surface area contributed by atoms with E-state index in [4.69, 9.17) is 32.7 Å². The second-order valence-corrected chi connectivity index (χ2v) is 19.4. The lowest BCUT2D eigenvalue weighted by Gasteiger charge is -2.63. The third kappa shape index (κ3) is 12.0. The number of carbonyl (C=O) groups is 4. The number of hydrogen-bond donors (Lipinski definition) is 5. The van der Waals surface area contributed by atoms with E-state index in [-0.39, 0.29) is 60.9 Å². The number of ether oxygens (including phenoxy) is 2. The molecule has 62 heavy (non-hydrogen) atoms. The Balaban J connectivity index is 0.989. The highest BCUT2D eigenvalue weighted by atomic mass is 35.5. The largest absolute Gasteiger partial charge is 0.489 e. The van der Waals surface area contributed by atoms with Gasteiger partial charge < -0.3 is 40.7 Å². The van der Waals surface area contributed by atoms with Crippen molar-refractivity contribution in [3.63, 3.8) is 0 Å². The Morgan fingerprint density at radius 1 is 0.952 bits per heavy atom. The molecular formula is C47H60Cl2N6O7. The summed E-state index contributed by atoms with van der Waals surface area (Å²) in [4.78, 5) is 54.7. The fourth-order valence-corrected chi connectivity index (χ4v) is 9.02. The number of β-amino-alcohol motifs (C(OH)–C–C–N with tert-alkyl or cyclic N) is 1. The van der Waals surface area contributed by atoms with Gasteiger partial charge in [0, 0.05) is 71.9 Å². The summed E-state index contributed by atoms with van der Waals surface area (Å²) in [5.41, 5.74) is 1.25. The van der Waals surface area contributed by atoms with Crippen molar-refractivity contribution in [1.29, 1.82) is 5.26 Å². The Labute approximate surface area is 375 Å². The molecule has 0 aromatic heterocycles. The minimum Gasteiger partial charge on any atom is -0.489 e. The van der Waals surface area contributed by atoms with Gasteiger partial charge in [-0.25, -0.2) is 0 Å². The highest BCUT2D eigenvalue weighted by molar-refractivity contribution is 6.31. The van der Waals surface area contributed by atoms with Gasteiger partial charge in [0.2, 0.25) is 17.7 Å². The van der Waals surface area contributed by atoms with Crippen molar-refractivity contribution >= 4 is 52.5 Å². The molecule has 13 nitrogen and oxygen atoms in total. The van der Waals surface area contributed by atoms with Gasteiger partial charge in [0.1, 0.15) is 36.6 Å². The van der Waals surface area contributed by atoms with Crippen molar-refractivity contribution in [1.82, 2.24) is 20.9 Å². The predicted molar refractivity (Wildman–Crippen MR) is 240 cm³/mol. The van der Waals surface area contributed by atoms with Gasteiger partial charge in [-0.2, -0.15) is 5.26 Å². The molecule has 3 aromatic carbocycles. The average Bonchev–Trinajstić information content (AvgIpc) is 3.62. The van der Waals surface area contributed by atoms with E-state index < -0.39 is 35.4 Å². The van der Waals surface area contributed by atoms with Crippen molar-refractivity contribution in [2.45, 2.75) is 111 Å². The standard InChI is InChI=1S/C47H60Cl2N6O7/c1-45(2,3)39(42(60)55-27-34(56)23-37(55)41(59)52-26-29-11-16-32(48)17-12-29)53-38(57)28-61-22-10-8-9-21-51-33-18-13-30(14-19-33)40(58)54-43-46(4,5)44(47(43,6)7)62-35-20-15-31(25-50)36(49)24-35/h11-20,24,34,37,39,43-44,51,56H,8-10,21-23,26-28H2,1-7H3,(H,52,59)(H,53,57)(H,54,58)/t34-,37+,39-,43?,44?/m1/s1. The molecule has 1 heterocycles. The van der Waals surface area contributed by atoms with Crippen LogP contribution in [0.15, 0.2) is 66.7 Å². The van der Waals surface area contributed by atoms with Gasteiger partial charge >= 0.3 is 0 Å². The first-order chi connectivity index (χ1) is 29.2. The second kappa shape index (κ2) is 20.5. The molecule has 1 saturated carbocycles. The molecule has 2 aliphatic rings. The molecule has 0 spiro atoms. The van der Waals surface area contributed by atoms with Crippen LogP contribution < -0.4 is 26.0 Å². The molecule has 3 aromatic rings. The monoisotopic (exact) mass is 890 g/mol. The highest BCUT2D eigenvalue weighted by Gasteiger charge is 2.64. The quantitative estimate of drug-likeness (QED) is 0.0851. The summed E-state index contributed by atoms with van der Waals surface area (Å²) >= 11 is 12.2. The summed E-state index contributed by atoms with van der Waals surface area (Å²) in [5.74, 6) is -0.842. The minimum absolute atomic E-state index is 0.00985. The zero-order chi connectivity index (χ0) is 45.4. The van der Waals surface area contributed by atoms with Crippen molar-refractivity contribution in [3.05, 3.63) is 93.5 Å². The fraction of sp³-hybridized carbons (Fsp3) is 0.511. The lowest BCUT2D eigenvalue weighted by atomic mass is 9.49. The molecule has 15 heteroatoms. The van der Waals surface area contributed by atoms with E-state index in [1.165, 1.54) is 4.90 Å². The van der Waals surface area contributed by atoms with Crippen LogP contribution >= 0.6 is 23.2 Å². The number of aliphatic hydroxyl groups is 1. The fourth-order valence-electron chi connectivity index (χ4n) is 8.69. The van der Waals surface area contributed by atoms with Crippen molar-refractivity contribution < 1.29 is 33.8 Å². The lowest BCUT2D eigenvalue weighted by Crippen LogP contribution is -2.74. The number of rotatable bonds is 18. The van der Waals surface area contributed by atoms with Crippen LogP contribution in [-0.2, 0) is 25.7 Å². The van der Waals surface area contributed by atoms with Crippen LogP contribution in [0, 0.1) is 27.6 Å². The maximum absolute atomic E-state index is 13.8. The molecule has 0 bridgehead atoms. The molecule has 2 fully saturated rings. The summed E-state index contributed by atoms with van der Waals surface area (Å²) in [6.45, 7) is 14.9. The number of halogens is 2. The molecule has 5 rings (SSSR count). The third-order valence-corrected chi connectivity index (χ3v) is 12.3. The number of unbranched alkanes of at least 4 members (excludes halogenated alkanes) is 2. The van der Waals surface area contributed by atoms with Gasteiger partial charge in [0.25, 0.3) is 5.91 Å². The number of nitrogens with zero attached hydrogens (tertiary/aromatic N) is 2.